The molecule has 0 bridgehead atoms. The molecule has 0 radical (unpaired) electrons. The van der Waals surface area contributed by atoms with Crippen LogP contribution < -0.4 is 5.32 Å². The van der Waals surface area contributed by atoms with Gasteiger partial charge in [-0.05, 0) is 12.1 Å². The molecule has 0 atom stereocenters. The third-order valence-corrected chi connectivity index (χ3v) is 2.28. The number of aromatic nitrogens is 2. The predicted molar refractivity (Wildman–Crippen MR) is 64.4 cm³/mol. The van der Waals surface area contributed by atoms with Crippen molar-refractivity contribution in [1.29, 1.82) is 0 Å². The summed E-state index contributed by atoms with van der Waals surface area (Å²) in [5.41, 5.74) is 0.156. The van der Waals surface area contributed by atoms with Crippen molar-refractivity contribution < 1.29 is 14.1 Å². The Morgan fingerprint density at radius 1 is 1.56 bits per heavy atom. The Balaban J connectivity index is 2.07. The number of anilines is 1. The second kappa shape index (κ2) is 5.61. The van der Waals surface area contributed by atoms with E-state index < -0.39 is 5.91 Å². The van der Waals surface area contributed by atoms with Gasteiger partial charge in [0.1, 0.15) is 12.4 Å². The summed E-state index contributed by atoms with van der Waals surface area (Å²) < 4.78 is 9.77. The summed E-state index contributed by atoms with van der Waals surface area (Å²) in [5.74, 6) is 0.404. The molecule has 0 unspecified atom stereocenters. The van der Waals surface area contributed by atoms with Crippen LogP contribution in [-0.2, 0) is 11.3 Å². The fraction of sp³-hybridized carbons (Fsp3) is 0.182. The molecular formula is C11H10ClN3O3. The maximum atomic E-state index is 11.8. The van der Waals surface area contributed by atoms with E-state index in [2.05, 4.69) is 15.5 Å². The summed E-state index contributed by atoms with van der Waals surface area (Å²) in [7, 11) is 1.53. The fourth-order valence-electron chi connectivity index (χ4n) is 1.28. The zero-order chi connectivity index (χ0) is 13.0. The van der Waals surface area contributed by atoms with E-state index >= 15 is 0 Å². The molecule has 2 aromatic rings. The van der Waals surface area contributed by atoms with Crippen LogP contribution in [0.1, 0.15) is 16.2 Å². The number of carbonyl (C=O) groups excluding carboxylic acids is 1. The van der Waals surface area contributed by atoms with Crippen LogP contribution in [-0.4, -0.2) is 23.2 Å². The quantitative estimate of drug-likeness (QED) is 0.918. The monoisotopic (exact) mass is 267 g/mol. The van der Waals surface area contributed by atoms with Crippen molar-refractivity contribution in [1.82, 2.24) is 10.1 Å². The van der Waals surface area contributed by atoms with Crippen LogP contribution in [0.25, 0.3) is 0 Å². The minimum Gasteiger partial charge on any atom is -0.377 e. The van der Waals surface area contributed by atoms with E-state index in [1.54, 1.807) is 6.07 Å². The highest BCUT2D eigenvalue weighted by Gasteiger charge is 2.13. The van der Waals surface area contributed by atoms with Crippen molar-refractivity contribution in [3.63, 3.8) is 0 Å². The van der Waals surface area contributed by atoms with Crippen molar-refractivity contribution in [2.45, 2.75) is 6.61 Å². The molecule has 0 aliphatic carbocycles. The van der Waals surface area contributed by atoms with E-state index in [-0.39, 0.29) is 12.3 Å². The van der Waals surface area contributed by atoms with Crippen LogP contribution in [0.15, 0.2) is 28.9 Å². The van der Waals surface area contributed by atoms with Gasteiger partial charge in [0.2, 0.25) is 0 Å². The first-order valence-corrected chi connectivity index (χ1v) is 5.44. The zero-order valence-corrected chi connectivity index (χ0v) is 10.3. The van der Waals surface area contributed by atoms with E-state index in [1.165, 1.54) is 25.4 Å². The molecule has 2 heterocycles. The molecule has 2 aromatic heterocycles. The normalized spacial score (nSPS) is 10.3. The van der Waals surface area contributed by atoms with E-state index in [9.17, 15) is 4.79 Å². The molecule has 1 amide bonds. The van der Waals surface area contributed by atoms with Crippen LogP contribution in [0.5, 0.6) is 0 Å². The van der Waals surface area contributed by atoms with E-state index in [1.807, 2.05) is 0 Å². The van der Waals surface area contributed by atoms with Crippen molar-refractivity contribution in [2.75, 3.05) is 12.4 Å². The average Bonchev–Trinajstić information content (AvgIpc) is 2.78. The van der Waals surface area contributed by atoms with Gasteiger partial charge in [-0.1, -0.05) is 16.8 Å². The number of hydrogen-bond donors (Lipinski definition) is 1. The minimum absolute atomic E-state index is 0.156. The number of carbonyl (C=O) groups is 1. The first-order valence-electron chi connectivity index (χ1n) is 5.06. The van der Waals surface area contributed by atoms with Crippen LogP contribution in [0.3, 0.4) is 0 Å². The van der Waals surface area contributed by atoms with Crippen molar-refractivity contribution >= 4 is 23.3 Å². The fourth-order valence-corrected chi connectivity index (χ4v) is 1.44. The van der Waals surface area contributed by atoms with E-state index in [4.69, 9.17) is 20.9 Å². The first kappa shape index (κ1) is 12.5. The predicted octanol–water partition coefficient (Wildman–Crippen LogP) is 2.12. The molecule has 0 aliphatic rings. The number of nitrogens with zero attached hydrogens (tertiary/aromatic N) is 2. The van der Waals surface area contributed by atoms with Crippen molar-refractivity contribution in [3.8, 4) is 0 Å². The van der Waals surface area contributed by atoms with Gasteiger partial charge < -0.3 is 14.6 Å². The smallest absolute Gasteiger partial charge is 0.279 e. The number of pyridine rings is 1. The van der Waals surface area contributed by atoms with Crippen LogP contribution in [0, 0.1) is 0 Å². The van der Waals surface area contributed by atoms with Crippen LogP contribution in [0.2, 0.25) is 5.02 Å². The lowest BCUT2D eigenvalue weighted by Crippen LogP contribution is -2.13. The Hall–Kier alpha value is -1.92. The second-order valence-electron chi connectivity index (χ2n) is 3.42. The van der Waals surface area contributed by atoms with Gasteiger partial charge in [-0.15, -0.1) is 0 Å². The van der Waals surface area contributed by atoms with Gasteiger partial charge in [0.15, 0.2) is 11.5 Å². The zero-order valence-electron chi connectivity index (χ0n) is 9.51. The standard InChI is InChI=1S/C11H10ClN3O3/c1-17-6-8-5-9(15-18-8)11(16)14-10-4-7(12)2-3-13-10/h2-5H,6H2,1H3,(H,13,14,16). The third kappa shape index (κ3) is 3.06. The topological polar surface area (TPSA) is 77.2 Å². The highest BCUT2D eigenvalue weighted by atomic mass is 35.5. The summed E-state index contributed by atoms with van der Waals surface area (Å²) >= 11 is 5.78. The molecule has 0 saturated heterocycles. The third-order valence-electron chi connectivity index (χ3n) is 2.04. The lowest BCUT2D eigenvalue weighted by atomic mass is 10.3. The average molecular weight is 268 g/mol. The lowest BCUT2D eigenvalue weighted by molar-refractivity contribution is 0.101. The molecule has 0 saturated carbocycles. The van der Waals surface area contributed by atoms with E-state index in [0.29, 0.717) is 16.6 Å². The maximum Gasteiger partial charge on any atom is 0.279 e. The molecule has 1 N–H and O–H groups in total. The van der Waals surface area contributed by atoms with Gasteiger partial charge in [-0.2, -0.15) is 0 Å². The maximum absolute atomic E-state index is 11.8. The summed E-state index contributed by atoms with van der Waals surface area (Å²) in [6.45, 7) is 0.260. The second-order valence-corrected chi connectivity index (χ2v) is 3.86. The van der Waals surface area contributed by atoms with Gasteiger partial charge in [-0.3, -0.25) is 4.79 Å². The molecule has 94 valence electrons. The van der Waals surface area contributed by atoms with Crippen molar-refractivity contribution in [2.24, 2.45) is 0 Å². The number of methoxy groups -OCH3 is 1. The summed E-state index contributed by atoms with van der Waals surface area (Å²) in [4.78, 5) is 15.7. The molecule has 0 spiro atoms. The first-order chi connectivity index (χ1) is 8.69. The molecular weight excluding hydrogens is 258 g/mol. The highest BCUT2D eigenvalue weighted by Crippen LogP contribution is 2.13. The van der Waals surface area contributed by atoms with Gasteiger partial charge >= 0.3 is 0 Å². The molecule has 18 heavy (non-hydrogen) atoms. The Labute approximate surface area is 108 Å². The lowest BCUT2D eigenvalue weighted by Gasteiger charge is -2.01. The highest BCUT2D eigenvalue weighted by molar-refractivity contribution is 6.30. The van der Waals surface area contributed by atoms with Gasteiger partial charge in [0, 0.05) is 24.4 Å². The molecule has 0 fully saturated rings. The van der Waals surface area contributed by atoms with Crippen LogP contribution >= 0.6 is 11.6 Å². The Kier molecular flexibility index (Phi) is 3.91. The van der Waals surface area contributed by atoms with Crippen molar-refractivity contribution in [3.05, 3.63) is 40.9 Å². The molecule has 0 aromatic carbocycles. The Morgan fingerprint density at radius 2 is 2.39 bits per heavy atom. The number of rotatable bonds is 4. The molecule has 7 heteroatoms. The Morgan fingerprint density at radius 3 is 3.11 bits per heavy atom. The van der Waals surface area contributed by atoms with Gasteiger partial charge in [0.05, 0.1) is 0 Å². The molecule has 6 nitrogen and oxygen atoms in total. The SMILES string of the molecule is COCc1cc(C(=O)Nc2cc(Cl)ccn2)no1. The molecule has 0 aliphatic heterocycles. The summed E-state index contributed by atoms with van der Waals surface area (Å²) in [6, 6.07) is 4.66. The number of amides is 1. The summed E-state index contributed by atoms with van der Waals surface area (Å²) in [6.07, 6.45) is 1.50. The number of nitrogens with one attached hydrogen (secondary N) is 1. The number of hydrogen-bond acceptors (Lipinski definition) is 5. The molecule has 2 rings (SSSR count). The Bertz CT molecular complexity index is 556. The largest absolute Gasteiger partial charge is 0.377 e. The minimum atomic E-state index is -0.420. The van der Waals surface area contributed by atoms with Crippen LogP contribution in [0.4, 0.5) is 5.82 Å². The number of ether oxygens (including phenoxy) is 1. The van der Waals surface area contributed by atoms with Gasteiger partial charge in [0.25, 0.3) is 5.91 Å². The number of halogens is 1. The van der Waals surface area contributed by atoms with Gasteiger partial charge in [-0.25, -0.2) is 4.98 Å². The van der Waals surface area contributed by atoms with E-state index in [0.717, 1.165) is 0 Å². The summed E-state index contributed by atoms with van der Waals surface area (Å²) in [5, 5.41) is 6.67.